The molecule has 1 heterocycles. The molecule has 6 rings (SSSR count). The molecule has 25 heavy (non-hydrogen) atoms. The van der Waals surface area contributed by atoms with Crippen molar-refractivity contribution in [1.29, 1.82) is 0 Å². The van der Waals surface area contributed by atoms with Crippen molar-refractivity contribution in [2.75, 3.05) is 12.4 Å². The Morgan fingerprint density at radius 2 is 2.04 bits per heavy atom. The number of carbonyl (C=O) groups excluding carboxylic acids is 1. The molecule has 132 valence electrons. The molecule has 0 radical (unpaired) electrons. The summed E-state index contributed by atoms with van der Waals surface area (Å²) in [5.74, 6) is 1.59. The number of amides is 1. The van der Waals surface area contributed by atoms with Gasteiger partial charge in [-0.2, -0.15) is 0 Å². The summed E-state index contributed by atoms with van der Waals surface area (Å²) in [6.07, 6.45) is 11.9. The number of aromatic nitrogens is 1. The molecule has 5 aliphatic rings. The average Bonchev–Trinajstić information content (AvgIpc) is 3.04. The molecule has 0 spiro atoms. The minimum Gasteiger partial charge on any atom is -0.390 e. The molecule has 5 heteroatoms. The molecule has 1 aromatic rings. The van der Waals surface area contributed by atoms with E-state index in [0.717, 1.165) is 42.6 Å². The number of nitrogens with zero attached hydrogens (tertiary/aromatic N) is 1. The standard InChI is InChI=1S/C20H25N3O2/c1-21-19(24)15-10-22-16-4-2-3-14(16)18(15)23-17-12-5-11-6-13(17)9-20(25,7-11)8-12/h2-3,10-13,17,25H,4-9H2,1H3,(H,21,24)(H,22,23)/t11?,12-,13+,17?,20?. The van der Waals surface area contributed by atoms with Crippen LogP contribution in [0.1, 0.15) is 53.7 Å². The van der Waals surface area contributed by atoms with Gasteiger partial charge in [-0.25, -0.2) is 0 Å². The van der Waals surface area contributed by atoms with Crippen LogP contribution < -0.4 is 10.6 Å². The summed E-state index contributed by atoms with van der Waals surface area (Å²) in [7, 11) is 1.66. The van der Waals surface area contributed by atoms with Crippen molar-refractivity contribution in [3.8, 4) is 0 Å². The number of aliphatic hydroxyl groups is 1. The van der Waals surface area contributed by atoms with Crippen LogP contribution in [0.15, 0.2) is 12.3 Å². The fraction of sp³-hybridized carbons (Fsp3) is 0.600. The van der Waals surface area contributed by atoms with Crippen molar-refractivity contribution in [2.45, 2.75) is 50.2 Å². The third-order valence-electron chi connectivity index (χ3n) is 6.82. The lowest BCUT2D eigenvalue weighted by Gasteiger charge is -2.58. The summed E-state index contributed by atoms with van der Waals surface area (Å²) in [5, 5.41) is 17.3. The van der Waals surface area contributed by atoms with Gasteiger partial charge in [-0.05, 0) is 49.9 Å². The Morgan fingerprint density at radius 1 is 1.28 bits per heavy atom. The van der Waals surface area contributed by atoms with Crippen LogP contribution in [0.2, 0.25) is 0 Å². The zero-order chi connectivity index (χ0) is 17.2. The first-order valence-electron chi connectivity index (χ1n) is 9.46. The van der Waals surface area contributed by atoms with E-state index in [4.69, 9.17) is 0 Å². The average molecular weight is 339 g/mol. The first kappa shape index (κ1) is 15.4. The Labute approximate surface area is 147 Å². The molecular formula is C20H25N3O2. The van der Waals surface area contributed by atoms with Gasteiger partial charge in [0.1, 0.15) is 0 Å². The van der Waals surface area contributed by atoms with Gasteiger partial charge in [0.15, 0.2) is 0 Å². The highest BCUT2D eigenvalue weighted by Gasteiger charge is 2.54. The van der Waals surface area contributed by atoms with Gasteiger partial charge in [-0.3, -0.25) is 9.78 Å². The van der Waals surface area contributed by atoms with Crippen LogP contribution >= 0.6 is 0 Å². The highest BCUT2D eigenvalue weighted by molar-refractivity contribution is 6.01. The van der Waals surface area contributed by atoms with Gasteiger partial charge in [0.05, 0.1) is 22.5 Å². The predicted molar refractivity (Wildman–Crippen MR) is 96.3 cm³/mol. The molecule has 4 saturated carbocycles. The van der Waals surface area contributed by atoms with Gasteiger partial charge >= 0.3 is 0 Å². The zero-order valence-electron chi connectivity index (χ0n) is 14.6. The maximum Gasteiger partial charge on any atom is 0.254 e. The lowest BCUT2D eigenvalue weighted by molar-refractivity contribution is -0.129. The topological polar surface area (TPSA) is 74.2 Å². The Morgan fingerprint density at radius 3 is 2.72 bits per heavy atom. The molecule has 4 bridgehead atoms. The third kappa shape index (κ3) is 2.32. The fourth-order valence-corrected chi connectivity index (χ4v) is 6.04. The molecular weight excluding hydrogens is 314 g/mol. The number of hydrogen-bond acceptors (Lipinski definition) is 4. The van der Waals surface area contributed by atoms with Crippen molar-refractivity contribution in [1.82, 2.24) is 10.3 Å². The smallest absolute Gasteiger partial charge is 0.254 e. The maximum atomic E-state index is 12.4. The van der Waals surface area contributed by atoms with Crippen molar-refractivity contribution >= 4 is 17.7 Å². The monoisotopic (exact) mass is 339 g/mol. The van der Waals surface area contributed by atoms with Crippen LogP contribution in [0.25, 0.3) is 6.08 Å². The van der Waals surface area contributed by atoms with Crippen molar-refractivity contribution in [3.05, 3.63) is 29.1 Å². The molecule has 5 aliphatic carbocycles. The zero-order valence-corrected chi connectivity index (χ0v) is 14.6. The van der Waals surface area contributed by atoms with E-state index in [1.165, 1.54) is 12.8 Å². The molecule has 5 atom stereocenters. The Bertz CT molecular complexity index is 756. The number of rotatable bonds is 3. The van der Waals surface area contributed by atoms with E-state index in [9.17, 15) is 9.90 Å². The highest BCUT2D eigenvalue weighted by Crippen LogP contribution is 2.56. The number of allylic oxidation sites excluding steroid dienone is 1. The number of carbonyl (C=O) groups is 1. The van der Waals surface area contributed by atoms with Crippen molar-refractivity contribution in [2.24, 2.45) is 17.8 Å². The largest absolute Gasteiger partial charge is 0.390 e. The van der Waals surface area contributed by atoms with Crippen LogP contribution in [0.4, 0.5) is 5.69 Å². The van der Waals surface area contributed by atoms with E-state index in [0.29, 0.717) is 29.4 Å². The van der Waals surface area contributed by atoms with Crippen LogP contribution in [-0.4, -0.2) is 34.7 Å². The van der Waals surface area contributed by atoms with Gasteiger partial charge in [0.25, 0.3) is 5.91 Å². The number of fused-ring (bicyclic) bond motifs is 1. The van der Waals surface area contributed by atoms with Crippen LogP contribution in [0, 0.1) is 17.8 Å². The normalized spacial score (nSPS) is 37.2. The molecule has 5 nitrogen and oxygen atoms in total. The van der Waals surface area contributed by atoms with E-state index < -0.39 is 5.60 Å². The van der Waals surface area contributed by atoms with E-state index >= 15 is 0 Å². The van der Waals surface area contributed by atoms with E-state index in [1.807, 2.05) is 0 Å². The molecule has 1 aromatic heterocycles. The number of pyridine rings is 1. The maximum absolute atomic E-state index is 12.4. The summed E-state index contributed by atoms with van der Waals surface area (Å²) < 4.78 is 0. The molecule has 1 amide bonds. The van der Waals surface area contributed by atoms with Gasteiger partial charge in [0.2, 0.25) is 0 Å². The summed E-state index contributed by atoms with van der Waals surface area (Å²) in [6.45, 7) is 0. The molecule has 0 aromatic carbocycles. The third-order valence-corrected chi connectivity index (χ3v) is 6.82. The first-order valence-corrected chi connectivity index (χ1v) is 9.46. The summed E-state index contributed by atoms with van der Waals surface area (Å²) in [5.41, 5.74) is 3.23. The number of nitrogens with one attached hydrogen (secondary N) is 2. The molecule has 4 fully saturated rings. The summed E-state index contributed by atoms with van der Waals surface area (Å²) in [6, 6.07) is 0.348. The minimum atomic E-state index is -0.432. The molecule has 3 unspecified atom stereocenters. The minimum absolute atomic E-state index is 0.0967. The Balaban J connectivity index is 1.51. The van der Waals surface area contributed by atoms with Crippen LogP contribution in [-0.2, 0) is 6.42 Å². The van der Waals surface area contributed by atoms with Gasteiger partial charge in [-0.15, -0.1) is 0 Å². The van der Waals surface area contributed by atoms with E-state index in [2.05, 4.69) is 27.8 Å². The number of hydrogen-bond donors (Lipinski definition) is 3. The first-order chi connectivity index (χ1) is 12.1. The highest BCUT2D eigenvalue weighted by atomic mass is 16.3. The van der Waals surface area contributed by atoms with Crippen LogP contribution in [0.5, 0.6) is 0 Å². The summed E-state index contributed by atoms with van der Waals surface area (Å²) in [4.78, 5) is 16.9. The fourth-order valence-electron chi connectivity index (χ4n) is 6.04. The van der Waals surface area contributed by atoms with Gasteiger partial charge in [-0.1, -0.05) is 12.2 Å². The number of anilines is 1. The van der Waals surface area contributed by atoms with Crippen molar-refractivity contribution in [3.63, 3.8) is 0 Å². The van der Waals surface area contributed by atoms with Gasteiger partial charge < -0.3 is 15.7 Å². The second-order valence-electron chi connectivity index (χ2n) is 8.46. The Hall–Kier alpha value is -1.88. The molecule has 3 N–H and O–H groups in total. The van der Waals surface area contributed by atoms with E-state index in [-0.39, 0.29) is 5.91 Å². The van der Waals surface area contributed by atoms with Gasteiger partial charge in [0, 0.05) is 31.3 Å². The van der Waals surface area contributed by atoms with Crippen molar-refractivity contribution < 1.29 is 9.90 Å². The second-order valence-corrected chi connectivity index (χ2v) is 8.46. The quantitative estimate of drug-likeness (QED) is 0.790. The summed E-state index contributed by atoms with van der Waals surface area (Å²) >= 11 is 0. The SMILES string of the molecule is CNC(=O)c1cnc2c(c1NC1[C@@H]3CC4C[C@H]1CC(O)(C4)C3)C=CC2. The Kier molecular flexibility index (Phi) is 3.26. The predicted octanol–water partition coefficient (Wildman–Crippen LogP) is 2.36. The van der Waals surface area contributed by atoms with Crippen LogP contribution in [0.3, 0.4) is 0 Å². The lowest BCUT2D eigenvalue weighted by atomic mass is 9.52. The second kappa shape index (κ2) is 5.31. The lowest BCUT2D eigenvalue weighted by Crippen LogP contribution is -2.59. The molecule has 0 aliphatic heterocycles. The molecule has 0 saturated heterocycles. The van der Waals surface area contributed by atoms with E-state index in [1.54, 1.807) is 13.2 Å².